The summed E-state index contributed by atoms with van der Waals surface area (Å²) in [6.07, 6.45) is 2.42. The van der Waals surface area contributed by atoms with Crippen LogP contribution in [-0.4, -0.2) is 41.2 Å². The van der Waals surface area contributed by atoms with Gasteiger partial charge in [0.25, 0.3) is 0 Å². The van der Waals surface area contributed by atoms with E-state index in [1.807, 2.05) is 37.3 Å². The van der Waals surface area contributed by atoms with Gasteiger partial charge in [0, 0.05) is 38.9 Å². The number of thiazole rings is 1. The van der Waals surface area contributed by atoms with E-state index in [-0.39, 0.29) is 24.1 Å². The molecule has 1 amide bonds. The molecule has 3 saturated heterocycles. The first-order chi connectivity index (χ1) is 11.6. The molecule has 0 atom stereocenters. The lowest BCUT2D eigenvalue weighted by Crippen LogP contribution is -2.54. The molecule has 5 nitrogen and oxygen atoms in total. The summed E-state index contributed by atoms with van der Waals surface area (Å²) in [6, 6.07) is 10.0. The van der Waals surface area contributed by atoms with Crippen molar-refractivity contribution in [2.24, 2.45) is 0 Å². The number of carbonyl (C=O) groups excluding carboxylic acids is 1. The molecule has 0 saturated carbocycles. The van der Waals surface area contributed by atoms with E-state index in [0.29, 0.717) is 5.82 Å². The van der Waals surface area contributed by atoms with Gasteiger partial charge < -0.3 is 9.64 Å². The lowest BCUT2D eigenvalue weighted by atomic mass is 9.83. The second-order valence-corrected chi connectivity index (χ2v) is 7.77. The smallest absolute Gasteiger partial charge is 0.413 e. The summed E-state index contributed by atoms with van der Waals surface area (Å²) in [4.78, 5) is 20.4. The normalized spacial score (nSPS) is 24.4. The Morgan fingerprint density at radius 1 is 1.20 bits per heavy atom. The standard InChI is InChI=1S/C18H21N3O2S.ClH/c1-13-19-16(15(24-13)14-5-3-2-4-6-14)20-17(22)23-18-7-10-21(11-8-18)12-9-18;/h2-6H,7-12H2,1H3,(H,20,22);1H. The van der Waals surface area contributed by atoms with E-state index < -0.39 is 0 Å². The van der Waals surface area contributed by atoms with Crippen LogP contribution in [0.2, 0.25) is 0 Å². The average molecular weight is 380 g/mol. The number of fused-ring (bicyclic) bond motifs is 3. The number of rotatable bonds is 3. The van der Waals surface area contributed by atoms with Crippen LogP contribution in [0.1, 0.15) is 24.3 Å². The molecular formula is C18H22ClN3O2S. The maximum Gasteiger partial charge on any atom is 0.413 e. The van der Waals surface area contributed by atoms with Crippen LogP contribution in [0.4, 0.5) is 10.6 Å². The van der Waals surface area contributed by atoms with E-state index in [9.17, 15) is 4.79 Å². The van der Waals surface area contributed by atoms with Crippen molar-refractivity contribution >= 4 is 35.7 Å². The number of nitrogens with one attached hydrogen (secondary N) is 1. The van der Waals surface area contributed by atoms with Gasteiger partial charge in [0.05, 0.1) is 9.88 Å². The number of nitrogens with zero attached hydrogens (tertiary/aromatic N) is 2. The zero-order chi connectivity index (χ0) is 16.6. The van der Waals surface area contributed by atoms with Crippen molar-refractivity contribution in [3.8, 4) is 10.4 Å². The number of piperidine rings is 3. The van der Waals surface area contributed by atoms with Gasteiger partial charge in [-0.3, -0.25) is 5.32 Å². The van der Waals surface area contributed by atoms with E-state index in [2.05, 4.69) is 15.2 Å². The van der Waals surface area contributed by atoms with E-state index >= 15 is 0 Å². The molecule has 7 heteroatoms. The second kappa shape index (κ2) is 7.32. The number of amides is 1. The fraction of sp³-hybridized carbons (Fsp3) is 0.444. The Balaban J connectivity index is 0.00000182. The van der Waals surface area contributed by atoms with Gasteiger partial charge in [0.1, 0.15) is 5.60 Å². The van der Waals surface area contributed by atoms with Crippen molar-refractivity contribution in [1.82, 2.24) is 9.88 Å². The van der Waals surface area contributed by atoms with E-state index in [4.69, 9.17) is 4.74 Å². The molecule has 0 spiro atoms. The molecule has 3 aliphatic heterocycles. The number of aromatic nitrogens is 1. The summed E-state index contributed by atoms with van der Waals surface area (Å²) < 4.78 is 5.86. The summed E-state index contributed by atoms with van der Waals surface area (Å²) in [5.74, 6) is 0.596. The topological polar surface area (TPSA) is 54.5 Å². The molecule has 3 aliphatic rings. The molecule has 0 unspecified atom stereocenters. The van der Waals surface area contributed by atoms with Crippen molar-refractivity contribution in [2.75, 3.05) is 25.0 Å². The summed E-state index contributed by atoms with van der Waals surface area (Å²) in [6.45, 7) is 5.03. The Labute approximate surface area is 157 Å². The number of ether oxygens (including phenoxy) is 1. The highest BCUT2D eigenvalue weighted by molar-refractivity contribution is 7.15. The number of halogens is 1. The quantitative estimate of drug-likeness (QED) is 0.862. The molecule has 0 radical (unpaired) electrons. The minimum Gasteiger partial charge on any atom is -0.443 e. The molecular weight excluding hydrogens is 358 g/mol. The molecule has 25 heavy (non-hydrogen) atoms. The van der Waals surface area contributed by atoms with Crippen molar-refractivity contribution in [3.05, 3.63) is 35.3 Å². The lowest BCUT2D eigenvalue weighted by molar-refractivity contribution is -0.0742. The Bertz CT molecular complexity index is 728. The van der Waals surface area contributed by atoms with Crippen LogP contribution in [0.3, 0.4) is 0 Å². The number of anilines is 1. The monoisotopic (exact) mass is 379 g/mol. The third kappa shape index (κ3) is 3.81. The molecule has 134 valence electrons. The Morgan fingerprint density at radius 3 is 2.48 bits per heavy atom. The third-order valence-corrected chi connectivity index (χ3v) is 5.97. The van der Waals surface area contributed by atoms with E-state index in [1.165, 1.54) is 0 Å². The van der Waals surface area contributed by atoms with Crippen LogP contribution in [-0.2, 0) is 4.74 Å². The molecule has 1 aromatic heterocycles. The van der Waals surface area contributed by atoms with Crippen molar-refractivity contribution in [2.45, 2.75) is 31.8 Å². The highest BCUT2D eigenvalue weighted by Crippen LogP contribution is 2.37. The highest BCUT2D eigenvalue weighted by atomic mass is 35.5. The average Bonchev–Trinajstić information content (AvgIpc) is 2.97. The van der Waals surface area contributed by atoms with Gasteiger partial charge in [-0.25, -0.2) is 9.78 Å². The molecule has 3 fully saturated rings. The van der Waals surface area contributed by atoms with Gasteiger partial charge >= 0.3 is 6.09 Å². The van der Waals surface area contributed by atoms with Gasteiger partial charge in [0.2, 0.25) is 0 Å². The predicted octanol–water partition coefficient (Wildman–Crippen LogP) is 4.33. The molecule has 2 bridgehead atoms. The predicted molar refractivity (Wildman–Crippen MR) is 103 cm³/mol. The summed E-state index contributed by atoms with van der Waals surface area (Å²) >= 11 is 1.58. The van der Waals surface area contributed by atoms with Crippen LogP contribution in [0.25, 0.3) is 10.4 Å². The molecule has 1 N–H and O–H groups in total. The minimum absolute atomic E-state index is 0. The largest absolute Gasteiger partial charge is 0.443 e. The summed E-state index contributed by atoms with van der Waals surface area (Å²) in [5.41, 5.74) is 0.777. The Hall–Kier alpha value is -1.63. The molecule has 2 aromatic rings. The fourth-order valence-electron chi connectivity index (χ4n) is 3.56. The molecule has 4 heterocycles. The third-order valence-electron chi connectivity index (χ3n) is 4.95. The van der Waals surface area contributed by atoms with Gasteiger partial charge in [-0.1, -0.05) is 30.3 Å². The second-order valence-electron chi connectivity index (χ2n) is 6.57. The number of hydrogen-bond donors (Lipinski definition) is 1. The van der Waals surface area contributed by atoms with Crippen LogP contribution >= 0.6 is 23.7 Å². The molecule has 5 rings (SSSR count). The van der Waals surface area contributed by atoms with Gasteiger partial charge in [-0.2, -0.15) is 0 Å². The van der Waals surface area contributed by atoms with Crippen LogP contribution in [0, 0.1) is 6.92 Å². The maximum atomic E-state index is 12.5. The zero-order valence-electron chi connectivity index (χ0n) is 14.2. The summed E-state index contributed by atoms with van der Waals surface area (Å²) in [5, 5.41) is 3.80. The lowest BCUT2D eigenvalue weighted by Gasteiger charge is -2.47. The van der Waals surface area contributed by atoms with Crippen molar-refractivity contribution in [3.63, 3.8) is 0 Å². The van der Waals surface area contributed by atoms with Crippen molar-refractivity contribution in [1.29, 1.82) is 0 Å². The Kier molecular flexibility index (Phi) is 5.32. The number of hydrogen-bond acceptors (Lipinski definition) is 5. The van der Waals surface area contributed by atoms with E-state index in [0.717, 1.165) is 54.3 Å². The maximum absolute atomic E-state index is 12.5. The zero-order valence-corrected chi connectivity index (χ0v) is 15.8. The number of aryl methyl sites for hydroxylation is 1. The van der Waals surface area contributed by atoms with Crippen molar-refractivity contribution < 1.29 is 9.53 Å². The van der Waals surface area contributed by atoms with Gasteiger partial charge in [0.15, 0.2) is 5.82 Å². The first-order valence-corrected chi connectivity index (χ1v) is 9.20. The molecule has 1 aromatic carbocycles. The minimum atomic E-state index is -0.382. The number of carbonyl (C=O) groups is 1. The van der Waals surface area contributed by atoms with Gasteiger partial charge in [-0.15, -0.1) is 23.7 Å². The van der Waals surface area contributed by atoms with Crippen LogP contribution in [0.5, 0.6) is 0 Å². The SMILES string of the molecule is Cc1nc(NC(=O)OC23CCN(CC2)CC3)c(-c2ccccc2)s1.Cl. The van der Waals surface area contributed by atoms with Gasteiger partial charge in [-0.05, 0) is 12.5 Å². The first kappa shape index (κ1) is 18.2. The van der Waals surface area contributed by atoms with Crippen LogP contribution in [0.15, 0.2) is 30.3 Å². The highest BCUT2D eigenvalue weighted by Gasteiger charge is 2.42. The fourth-order valence-corrected chi connectivity index (χ4v) is 4.44. The van der Waals surface area contributed by atoms with Crippen LogP contribution < -0.4 is 5.32 Å². The first-order valence-electron chi connectivity index (χ1n) is 8.39. The summed E-state index contributed by atoms with van der Waals surface area (Å²) in [7, 11) is 0. The molecule has 0 aliphatic carbocycles. The number of benzene rings is 1. The Morgan fingerprint density at radius 2 is 1.84 bits per heavy atom. The van der Waals surface area contributed by atoms with E-state index in [1.54, 1.807) is 11.3 Å².